The molecule has 1 fully saturated rings. The minimum absolute atomic E-state index is 0.102. The summed E-state index contributed by atoms with van der Waals surface area (Å²) in [6, 6.07) is 17.2. The Morgan fingerprint density at radius 2 is 1.83 bits per heavy atom. The number of carbonyl (C=O) groups excluding carboxylic acids is 1. The van der Waals surface area contributed by atoms with E-state index in [1.807, 2.05) is 61.5 Å². The molecule has 0 spiro atoms. The number of carbonyl (C=O) groups is 1. The van der Waals surface area contributed by atoms with Crippen LogP contribution in [0.2, 0.25) is 10.0 Å². The highest BCUT2D eigenvalue weighted by Crippen LogP contribution is 2.42. The van der Waals surface area contributed by atoms with Crippen LogP contribution in [-0.2, 0) is 11.3 Å². The fourth-order valence-electron chi connectivity index (χ4n) is 5.17. The molecule has 1 unspecified atom stereocenters. The number of pyridine rings is 2. The molecule has 1 amide bonds. The smallest absolute Gasteiger partial charge is 0.220 e. The molecule has 1 saturated heterocycles. The van der Waals surface area contributed by atoms with Gasteiger partial charge in [0.05, 0.1) is 35.7 Å². The van der Waals surface area contributed by atoms with Crippen LogP contribution in [0, 0.1) is 0 Å². The highest BCUT2D eigenvalue weighted by Gasteiger charge is 2.21. The summed E-state index contributed by atoms with van der Waals surface area (Å²) in [6.07, 6.45) is 3.13. The summed E-state index contributed by atoms with van der Waals surface area (Å²) in [6.45, 7) is 3.15. The van der Waals surface area contributed by atoms with Crippen molar-refractivity contribution in [3.05, 3.63) is 82.0 Å². The molecule has 2 aromatic heterocycles. The van der Waals surface area contributed by atoms with Crippen molar-refractivity contribution < 1.29 is 14.3 Å². The molecule has 2 atom stereocenters. The normalized spacial score (nSPS) is 15.4. The molecule has 218 valence electrons. The molecule has 8 nitrogen and oxygen atoms in total. The van der Waals surface area contributed by atoms with Gasteiger partial charge in [-0.3, -0.25) is 9.78 Å². The van der Waals surface area contributed by atoms with Gasteiger partial charge in [0.1, 0.15) is 5.75 Å². The van der Waals surface area contributed by atoms with Crippen molar-refractivity contribution in [1.29, 1.82) is 0 Å². The third kappa shape index (κ3) is 6.22. The number of rotatable bonds is 10. The summed E-state index contributed by atoms with van der Waals surface area (Å²) in [5.41, 5.74) is 12.2. The molecule has 3 heterocycles. The molecular weight excluding hydrogens is 573 g/mol. The second-order valence-electron chi connectivity index (χ2n) is 10.2. The molecule has 1 aliphatic rings. The second-order valence-corrected chi connectivity index (χ2v) is 11.0. The Balaban J connectivity index is 1.43. The van der Waals surface area contributed by atoms with Crippen LogP contribution in [0.15, 0.2) is 60.8 Å². The zero-order valence-electron chi connectivity index (χ0n) is 23.7. The van der Waals surface area contributed by atoms with Crippen LogP contribution in [0.4, 0.5) is 0 Å². The minimum atomic E-state index is -0.177. The Hall–Kier alpha value is -3.69. The van der Waals surface area contributed by atoms with Crippen molar-refractivity contribution in [2.45, 2.75) is 38.4 Å². The van der Waals surface area contributed by atoms with Gasteiger partial charge in [-0.15, -0.1) is 0 Å². The number of nitrogens with one attached hydrogen (secondary N) is 2. The van der Waals surface area contributed by atoms with E-state index in [0.29, 0.717) is 52.6 Å². The van der Waals surface area contributed by atoms with E-state index < -0.39 is 0 Å². The Kier molecular flexibility index (Phi) is 9.28. The monoisotopic (exact) mass is 605 g/mol. The number of hydrogen-bond donors (Lipinski definition) is 3. The molecule has 5 rings (SSSR count). The highest BCUT2D eigenvalue weighted by atomic mass is 35.5. The summed E-state index contributed by atoms with van der Waals surface area (Å²) in [5, 5.41) is 7.33. The fourth-order valence-corrected chi connectivity index (χ4v) is 5.81. The SMILES string of the molecule is COc1cc(-c2nccc(-c3cccc(-c4ccc(CNC[C@H]5CCC(=O)N5)c(OC)n4)c3Cl)c2Cl)ccc1C(C)N. The van der Waals surface area contributed by atoms with Crippen molar-refractivity contribution in [1.82, 2.24) is 20.6 Å². The standard InChI is InChI=1S/C32H33Cl2N5O3/c1-18(35)22-10-7-19(15-27(22)41-2)31-30(34)24(13-14-37-31)23-5-4-6-25(29(23)33)26-11-8-20(32(39-26)42-3)16-36-17-21-9-12-28(40)38-21/h4-8,10-11,13-15,18,21,36H,9,12,16-17,35H2,1-3H3,(H,38,40)/t18?,21-/m1/s1. The largest absolute Gasteiger partial charge is 0.496 e. The zero-order valence-corrected chi connectivity index (χ0v) is 25.2. The van der Waals surface area contributed by atoms with E-state index in [4.69, 9.17) is 43.4 Å². The lowest BCUT2D eigenvalue weighted by molar-refractivity contribution is -0.119. The van der Waals surface area contributed by atoms with E-state index in [9.17, 15) is 4.79 Å². The number of methoxy groups -OCH3 is 2. The van der Waals surface area contributed by atoms with Crippen molar-refractivity contribution in [3.8, 4) is 45.3 Å². The molecule has 10 heteroatoms. The van der Waals surface area contributed by atoms with Gasteiger partial charge in [0.25, 0.3) is 0 Å². The van der Waals surface area contributed by atoms with Gasteiger partial charge < -0.3 is 25.8 Å². The van der Waals surface area contributed by atoms with E-state index >= 15 is 0 Å². The Morgan fingerprint density at radius 3 is 2.55 bits per heavy atom. The second kappa shape index (κ2) is 13.1. The van der Waals surface area contributed by atoms with Crippen LogP contribution in [0.3, 0.4) is 0 Å². The molecule has 0 bridgehead atoms. The van der Waals surface area contributed by atoms with Crippen molar-refractivity contribution in [2.75, 3.05) is 20.8 Å². The lowest BCUT2D eigenvalue weighted by Crippen LogP contribution is -2.35. The van der Waals surface area contributed by atoms with E-state index in [0.717, 1.165) is 39.8 Å². The van der Waals surface area contributed by atoms with Gasteiger partial charge in [-0.25, -0.2) is 4.98 Å². The van der Waals surface area contributed by atoms with Crippen molar-refractivity contribution in [3.63, 3.8) is 0 Å². The first-order chi connectivity index (χ1) is 20.3. The molecular formula is C32H33Cl2N5O3. The molecule has 0 aliphatic carbocycles. The highest BCUT2D eigenvalue weighted by molar-refractivity contribution is 6.39. The average molecular weight is 607 g/mol. The first-order valence-corrected chi connectivity index (χ1v) is 14.5. The van der Waals surface area contributed by atoms with E-state index in [1.54, 1.807) is 20.4 Å². The lowest BCUT2D eigenvalue weighted by Gasteiger charge is -2.16. The number of benzene rings is 2. The summed E-state index contributed by atoms with van der Waals surface area (Å²) < 4.78 is 11.2. The number of aromatic nitrogens is 2. The molecule has 1 aliphatic heterocycles. The quantitative estimate of drug-likeness (QED) is 0.197. The number of nitrogens with zero attached hydrogens (tertiary/aromatic N) is 2. The molecule has 4 N–H and O–H groups in total. The van der Waals surface area contributed by atoms with E-state index in [2.05, 4.69) is 15.6 Å². The van der Waals surface area contributed by atoms with Gasteiger partial charge in [0.15, 0.2) is 0 Å². The average Bonchev–Trinajstić information content (AvgIpc) is 3.42. The Labute approximate surface area is 255 Å². The van der Waals surface area contributed by atoms with Crippen LogP contribution in [0.1, 0.15) is 36.9 Å². The van der Waals surface area contributed by atoms with Crippen LogP contribution in [-0.4, -0.2) is 42.7 Å². The van der Waals surface area contributed by atoms with Crippen LogP contribution in [0.25, 0.3) is 33.6 Å². The lowest BCUT2D eigenvalue weighted by atomic mass is 9.98. The van der Waals surface area contributed by atoms with Crippen LogP contribution < -0.4 is 25.8 Å². The van der Waals surface area contributed by atoms with Crippen LogP contribution in [0.5, 0.6) is 11.6 Å². The predicted molar refractivity (Wildman–Crippen MR) is 167 cm³/mol. The topological polar surface area (TPSA) is 111 Å². The van der Waals surface area contributed by atoms with E-state index in [-0.39, 0.29) is 18.0 Å². The van der Waals surface area contributed by atoms with Gasteiger partial charge in [0.2, 0.25) is 11.8 Å². The first kappa shape index (κ1) is 29.8. The third-order valence-corrected chi connectivity index (χ3v) is 8.16. The molecule has 2 aromatic carbocycles. The number of halogens is 2. The first-order valence-electron chi connectivity index (χ1n) is 13.7. The van der Waals surface area contributed by atoms with Crippen molar-refractivity contribution >= 4 is 29.1 Å². The molecule has 42 heavy (non-hydrogen) atoms. The fraction of sp³-hybridized carbons (Fsp3) is 0.281. The Morgan fingerprint density at radius 1 is 1.05 bits per heavy atom. The Bertz CT molecular complexity index is 1610. The predicted octanol–water partition coefficient (Wildman–Crippen LogP) is 6.19. The minimum Gasteiger partial charge on any atom is -0.496 e. The van der Waals surface area contributed by atoms with Gasteiger partial charge >= 0.3 is 0 Å². The molecule has 0 saturated carbocycles. The maximum absolute atomic E-state index is 11.5. The van der Waals surface area contributed by atoms with Gasteiger partial charge in [-0.2, -0.15) is 0 Å². The maximum atomic E-state index is 11.5. The summed E-state index contributed by atoms with van der Waals surface area (Å²) >= 11 is 14.0. The number of ether oxygens (including phenoxy) is 2. The maximum Gasteiger partial charge on any atom is 0.220 e. The molecule has 4 aromatic rings. The number of nitrogens with two attached hydrogens (primary N) is 1. The number of amides is 1. The van der Waals surface area contributed by atoms with E-state index in [1.165, 1.54) is 0 Å². The summed E-state index contributed by atoms with van der Waals surface area (Å²) in [7, 11) is 3.21. The van der Waals surface area contributed by atoms with Gasteiger partial charge in [-0.05, 0) is 31.5 Å². The number of hydrogen-bond acceptors (Lipinski definition) is 7. The van der Waals surface area contributed by atoms with Gasteiger partial charge in [0, 0.05) is 71.2 Å². The van der Waals surface area contributed by atoms with Crippen LogP contribution >= 0.6 is 23.2 Å². The van der Waals surface area contributed by atoms with Gasteiger partial charge in [-0.1, -0.05) is 59.6 Å². The third-order valence-electron chi connectivity index (χ3n) is 7.38. The molecule has 0 radical (unpaired) electrons. The zero-order chi connectivity index (χ0) is 29.8. The van der Waals surface area contributed by atoms with Crippen molar-refractivity contribution in [2.24, 2.45) is 5.73 Å². The summed E-state index contributed by atoms with van der Waals surface area (Å²) in [4.78, 5) is 20.8. The summed E-state index contributed by atoms with van der Waals surface area (Å²) in [5.74, 6) is 1.28.